The molecule has 2 rings (SSSR count). The van der Waals surface area contributed by atoms with Crippen molar-refractivity contribution in [3.63, 3.8) is 0 Å². The summed E-state index contributed by atoms with van der Waals surface area (Å²) in [5, 5.41) is 22.0. The molecular weight excluding hydrogens is 268 g/mol. The van der Waals surface area contributed by atoms with Gasteiger partial charge in [0.05, 0.1) is 4.92 Å². The maximum Gasteiger partial charge on any atom is 0.310 e. The molecule has 1 aromatic carbocycles. The molecule has 1 heterocycles. The fourth-order valence-corrected chi connectivity index (χ4v) is 1.94. The first kappa shape index (κ1) is 12.9. The summed E-state index contributed by atoms with van der Waals surface area (Å²) >= 11 is 1.23. The van der Waals surface area contributed by atoms with Gasteiger partial charge in [0, 0.05) is 17.6 Å². The number of allylic oxidation sites excluding steroid dienone is 1. The highest BCUT2D eigenvalue weighted by Gasteiger charge is 2.12. The van der Waals surface area contributed by atoms with E-state index < -0.39 is 10.7 Å². The lowest BCUT2D eigenvalue weighted by atomic mass is 10.1. The van der Waals surface area contributed by atoms with E-state index in [1.54, 1.807) is 5.38 Å². The topological polar surface area (TPSA) is 93.3 Å². The maximum absolute atomic E-state index is 11.6. The standard InChI is InChI=1S/C12H8N2O4S/c15-10(12-13-5-6-19-12)4-2-8-1-3-9(14(17)18)11(16)7-8/h1-7,16H. The van der Waals surface area contributed by atoms with Gasteiger partial charge in [-0.15, -0.1) is 11.3 Å². The summed E-state index contributed by atoms with van der Waals surface area (Å²) < 4.78 is 0. The Hall–Kier alpha value is -2.54. The summed E-state index contributed by atoms with van der Waals surface area (Å²) in [5.41, 5.74) is 0.122. The minimum atomic E-state index is -0.677. The number of hydrogen-bond donors (Lipinski definition) is 1. The van der Waals surface area contributed by atoms with Crippen LogP contribution in [-0.2, 0) is 0 Å². The van der Waals surface area contributed by atoms with E-state index in [2.05, 4.69) is 4.98 Å². The maximum atomic E-state index is 11.6. The minimum absolute atomic E-state index is 0.257. The van der Waals surface area contributed by atoms with Gasteiger partial charge in [-0.1, -0.05) is 6.08 Å². The van der Waals surface area contributed by atoms with E-state index in [0.717, 1.165) is 0 Å². The number of hydrogen-bond acceptors (Lipinski definition) is 6. The number of aromatic nitrogens is 1. The minimum Gasteiger partial charge on any atom is -0.502 e. The second-order valence-electron chi connectivity index (χ2n) is 3.54. The second-order valence-corrected chi connectivity index (χ2v) is 4.43. The number of thiazole rings is 1. The van der Waals surface area contributed by atoms with Crippen LogP contribution in [0.25, 0.3) is 6.08 Å². The molecule has 0 unspecified atom stereocenters. The van der Waals surface area contributed by atoms with Gasteiger partial charge in [-0.05, 0) is 23.8 Å². The fourth-order valence-electron chi connectivity index (χ4n) is 1.39. The van der Waals surface area contributed by atoms with Crippen LogP contribution >= 0.6 is 11.3 Å². The summed E-state index contributed by atoms with van der Waals surface area (Å²) in [7, 11) is 0. The van der Waals surface area contributed by atoms with Crippen LogP contribution < -0.4 is 0 Å². The van der Waals surface area contributed by atoms with Crippen LogP contribution in [0.1, 0.15) is 15.4 Å². The number of nitro groups is 1. The third kappa shape index (κ3) is 3.02. The number of rotatable bonds is 4. The molecule has 1 aromatic heterocycles. The van der Waals surface area contributed by atoms with E-state index in [0.29, 0.717) is 10.6 Å². The quantitative estimate of drug-likeness (QED) is 0.401. The van der Waals surface area contributed by atoms with Gasteiger partial charge in [-0.2, -0.15) is 0 Å². The number of carbonyl (C=O) groups excluding carboxylic acids is 1. The number of nitro benzene ring substituents is 1. The van der Waals surface area contributed by atoms with Crippen LogP contribution in [0.3, 0.4) is 0 Å². The predicted molar refractivity (Wildman–Crippen MR) is 70.2 cm³/mol. The van der Waals surface area contributed by atoms with Crippen molar-refractivity contribution in [3.05, 3.63) is 56.5 Å². The number of phenols is 1. The van der Waals surface area contributed by atoms with Crippen molar-refractivity contribution in [3.8, 4) is 5.75 Å². The zero-order valence-electron chi connectivity index (χ0n) is 9.52. The number of carbonyl (C=O) groups is 1. The zero-order valence-corrected chi connectivity index (χ0v) is 10.3. The lowest BCUT2D eigenvalue weighted by Crippen LogP contribution is -1.92. The van der Waals surface area contributed by atoms with E-state index in [9.17, 15) is 20.0 Å². The lowest BCUT2D eigenvalue weighted by molar-refractivity contribution is -0.385. The van der Waals surface area contributed by atoms with Crippen LogP contribution in [0.5, 0.6) is 5.75 Å². The molecule has 96 valence electrons. The summed E-state index contributed by atoms with van der Waals surface area (Å²) in [6, 6.07) is 3.86. The highest BCUT2D eigenvalue weighted by atomic mass is 32.1. The second kappa shape index (κ2) is 5.40. The number of phenolic OH excluding ortho intramolecular Hbond substituents is 1. The van der Waals surface area contributed by atoms with Crippen molar-refractivity contribution in [1.29, 1.82) is 0 Å². The van der Waals surface area contributed by atoms with Gasteiger partial charge < -0.3 is 5.11 Å². The molecule has 0 spiro atoms. The van der Waals surface area contributed by atoms with E-state index >= 15 is 0 Å². The molecule has 0 atom stereocenters. The third-order valence-electron chi connectivity index (χ3n) is 2.27. The highest BCUT2D eigenvalue weighted by Crippen LogP contribution is 2.26. The van der Waals surface area contributed by atoms with Crippen molar-refractivity contribution in [2.45, 2.75) is 0 Å². The number of aromatic hydroxyl groups is 1. The normalized spacial score (nSPS) is 10.7. The van der Waals surface area contributed by atoms with Crippen molar-refractivity contribution in [2.75, 3.05) is 0 Å². The molecule has 0 amide bonds. The molecule has 7 heteroatoms. The van der Waals surface area contributed by atoms with Crippen LogP contribution in [0.15, 0.2) is 35.9 Å². The SMILES string of the molecule is O=C(C=Cc1ccc([N+](=O)[O-])c(O)c1)c1nccs1. The monoisotopic (exact) mass is 276 g/mol. The van der Waals surface area contributed by atoms with Gasteiger partial charge >= 0.3 is 5.69 Å². The lowest BCUT2D eigenvalue weighted by Gasteiger charge is -1.97. The molecule has 0 bridgehead atoms. The average Bonchev–Trinajstić information content (AvgIpc) is 2.89. The molecular formula is C12H8N2O4S. The Morgan fingerprint density at radius 1 is 1.47 bits per heavy atom. The Morgan fingerprint density at radius 2 is 2.26 bits per heavy atom. The van der Waals surface area contributed by atoms with Gasteiger partial charge in [-0.3, -0.25) is 14.9 Å². The first-order valence-corrected chi connectivity index (χ1v) is 6.05. The van der Waals surface area contributed by atoms with Crippen molar-refractivity contribution < 1.29 is 14.8 Å². The smallest absolute Gasteiger partial charge is 0.310 e. The van der Waals surface area contributed by atoms with E-state index in [1.807, 2.05) is 0 Å². The molecule has 0 aliphatic carbocycles. The fraction of sp³-hybridized carbons (Fsp3) is 0. The summed E-state index contributed by atoms with van der Waals surface area (Å²) in [5.74, 6) is -0.693. The average molecular weight is 276 g/mol. The van der Waals surface area contributed by atoms with Gasteiger partial charge in [-0.25, -0.2) is 4.98 Å². The molecule has 0 aliphatic heterocycles. The molecule has 6 nitrogen and oxygen atoms in total. The van der Waals surface area contributed by atoms with Gasteiger partial charge in [0.2, 0.25) is 5.78 Å². The highest BCUT2D eigenvalue weighted by molar-refractivity contribution is 7.11. The zero-order chi connectivity index (χ0) is 13.8. The molecule has 0 aliphatic rings. The Kier molecular flexibility index (Phi) is 3.67. The Balaban J connectivity index is 2.18. The first-order valence-electron chi connectivity index (χ1n) is 5.17. The molecule has 0 saturated heterocycles. The summed E-state index contributed by atoms with van der Waals surface area (Å²) in [4.78, 5) is 25.3. The summed E-state index contributed by atoms with van der Waals surface area (Å²) in [6.45, 7) is 0. The van der Waals surface area contributed by atoms with Gasteiger partial charge in [0.25, 0.3) is 0 Å². The van der Waals surface area contributed by atoms with Crippen molar-refractivity contribution >= 4 is 28.9 Å². The Labute approximate surface area is 111 Å². The van der Waals surface area contributed by atoms with Crippen LogP contribution in [0, 0.1) is 10.1 Å². The number of benzene rings is 1. The molecule has 0 fully saturated rings. The molecule has 2 aromatic rings. The first-order chi connectivity index (χ1) is 9.08. The van der Waals surface area contributed by atoms with E-state index in [1.165, 1.54) is 47.9 Å². The Bertz CT molecular complexity index is 650. The predicted octanol–water partition coefficient (Wildman–Crippen LogP) is 2.65. The number of ketones is 1. The molecule has 0 saturated carbocycles. The van der Waals surface area contributed by atoms with Crippen LogP contribution in [0.2, 0.25) is 0 Å². The van der Waals surface area contributed by atoms with E-state index in [4.69, 9.17) is 0 Å². The number of nitrogens with zero attached hydrogens (tertiary/aromatic N) is 2. The third-order valence-corrected chi connectivity index (χ3v) is 3.05. The Morgan fingerprint density at radius 3 is 2.84 bits per heavy atom. The summed E-state index contributed by atoms with van der Waals surface area (Å²) in [6.07, 6.45) is 4.30. The molecule has 19 heavy (non-hydrogen) atoms. The van der Waals surface area contributed by atoms with Crippen LogP contribution in [-0.4, -0.2) is 20.8 Å². The van der Waals surface area contributed by atoms with Crippen LogP contribution in [0.4, 0.5) is 5.69 Å². The van der Waals surface area contributed by atoms with Gasteiger partial charge in [0.1, 0.15) is 0 Å². The van der Waals surface area contributed by atoms with Gasteiger partial charge in [0.15, 0.2) is 10.8 Å². The largest absolute Gasteiger partial charge is 0.502 e. The van der Waals surface area contributed by atoms with E-state index in [-0.39, 0.29) is 11.5 Å². The molecule has 1 N–H and O–H groups in total. The van der Waals surface area contributed by atoms with Crippen molar-refractivity contribution in [1.82, 2.24) is 4.98 Å². The van der Waals surface area contributed by atoms with Crippen molar-refractivity contribution in [2.24, 2.45) is 0 Å². The molecule has 0 radical (unpaired) electrons.